The minimum atomic E-state index is 0.149. The molecule has 49 heavy (non-hydrogen) atoms. The van der Waals surface area contributed by atoms with Crippen LogP contribution in [0.5, 0.6) is 0 Å². The van der Waals surface area contributed by atoms with Gasteiger partial charge in [0.05, 0.1) is 0 Å². The molecule has 0 amide bonds. The normalized spacial score (nSPS) is 12.4. The van der Waals surface area contributed by atoms with Crippen molar-refractivity contribution in [3.8, 4) is 11.1 Å². The van der Waals surface area contributed by atoms with Gasteiger partial charge < -0.3 is 0 Å². The smallest absolute Gasteiger partial charge is 0.0457 e. The molecule has 0 aliphatic carbocycles. The predicted octanol–water partition coefficient (Wildman–Crippen LogP) is 14.7. The summed E-state index contributed by atoms with van der Waals surface area (Å²) in [6, 6.07) is 32.7. The zero-order valence-corrected chi connectivity index (χ0v) is 35.2. The second-order valence-electron chi connectivity index (χ2n) is 20.2. The summed E-state index contributed by atoms with van der Waals surface area (Å²) in [5.74, 6) is 0. The lowest BCUT2D eigenvalue weighted by molar-refractivity contribution is 0.469. The molecule has 0 fully saturated rings. The van der Waals surface area contributed by atoms with Crippen molar-refractivity contribution < 1.29 is 0 Å². The third kappa shape index (κ3) is 17.3. The highest BCUT2D eigenvalue weighted by atomic mass is 14.7. The highest BCUT2D eigenvalue weighted by Crippen LogP contribution is 2.28. The molecule has 0 saturated heterocycles. The zero-order valence-electron chi connectivity index (χ0n) is 35.2. The molecule has 0 N–H and O–H groups in total. The number of benzene rings is 3. The fourth-order valence-electron chi connectivity index (χ4n) is 4.54. The van der Waals surface area contributed by atoms with Crippen LogP contribution >= 0.6 is 0 Å². The largest absolute Gasteiger partial charge is 0.260 e. The summed E-state index contributed by atoms with van der Waals surface area (Å²) in [6.07, 6.45) is 2.00. The van der Waals surface area contributed by atoms with E-state index in [2.05, 4.69) is 221 Å². The topological polar surface area (TPSA) is 12.9 Å². The molecule has 270 valence electrons. The van der Waals surface area contributed by atoms with Gasteiger partial charge >= 0.3 is 0 Å². The molecule has 1 aromatic heterocycles. The summed E-state index contributed by atoms with van der Waals surface area (Å²) in [7, 11) is 0. The second-order valence-corrected chi connectivity index (χ2v) is 20.2. The van der Waals surface area contributed by atoms with Crippen molar-refractivity contribution in [2.75, 3.05) is 0 Å². The molecule has 0 aliphatic heterocycles. The van der Waals surface area contributed by atoms with E-state index in [-0.39, 0.29) is 27.1 Å². The lowest BCUT2D eigenvalue weighted by Gasteiger charge is -2.23. The molecule has 4 rings (SSSR count). The summed E-state index contributed by atoms with van der Waals surface area (Å²) in [6.45, 7) is 42.2. The number of hydrogen-bond acceptors (Lipinski definition) is 1. The standard InChI is InChI=1S/C16H18.C14H22.C13H21N.C5H12/c1-16(2,3)15-11-9-14(10-12-15)13-7-5-4-6-8-13;1-13(2,3)11-7-9-12(10-8-11)14(4,5)6;1-12(2,3)10-7-8-11(14-9-10)13(4,5)6;1-5(2,3)4/h4-12H,1-3H3;7-10H,1-6H3;7-9H,1-6H3;1-4H3. The average molecular weight is 664 g/mol. The molecule has 0 saturated carbocycles. The number of aromatic nitrogens is 1. The van der Waals surface area contributed by atoms with Gasteiger partial charge in [-0.2, -0.15) is 0 Å². The maximum atomic E-state index is 4.52. The van der Waals surface area contributed by atoms with E-state index in [4.69, 9.17) is 0 Å². The first-order valence-corrected chi connectivity index (χ1v) is 18.2. The minimum Gasteiger partial charge on any atom is -0.260 e. The van der Waals surface area contributed by atoms with Crippen LogP contribution in [0.1, 0.15) is 159 Å². The Kier molecular flexibility index (Phi) is 15.3. The Morgan fingerprint density at radius 2 is 0.592 bits per heavy atom. The van der Waals surface area contributed by atoms with E-state index in [1.807, 2.05) is 12.3 Å². The average Bonchev–Trinajstić information content (AvgIpc) is 2.95. The van der Waals surface area contributed by atoms with Crippen LogP contribution in [0, 0.1) is 5.41 Å². The molecule has 1 heterocycles. The van der Waals surface area contributed by atoms with Crippen LogP contribution in [0.2, 0.25) is 0 Å². The van der Waals surface area contributed by atoms with Gasteiger partial charge in [-0.15, -0.1) is 0 Å². The van der Waals surface area contributed by atoms with E-state index in [0.717, 1.165) is 5.69 Å². The van der Waals surface area contributed by atoms with Gasteiger partial charge in [0.15, 0.2) is 0 Å². The number of pyridine rings is 1. The maximum absolute atomic E-state index is 4.52. The van der Waals surface area contributed by atoms with Crippen molar-refractivity contribution in [2.24, 2.45) is 5.41 Å². The molecule has 1 heteroatoms. The molecule has 4 aromatic rings. The fraction of sp³-hybridized carbons (Fsp3) is 0.521. The highest BCUT2D eigenvalue weighted by Gasteiger charge is 2.19. The third-order valence-corrected chi connectivity index (χ3v) is 7.87. The van der Waals surface area contributed by atoms with Crippen molar-refractivity contribution in [1.29, 1.82) is 0 Å². The Balaban J connectivity index is 0.000000344. The van der Waals surface area contributed by atoms with Gasteiger partial charge in [0.25, 0.3) is 0 Å². The number of hydrogen-bond donors (Lipinski definition) is 0. The van der Waals surface area contributed by atoms with Crippen molar-refractivity contribution in [2.45, 2.75) is 159 Å². The zero-order chi connectivity index (χ0) is 38.1. The van der Waals surface area contributed by atoms with E-state index in [1.54, 1.807) is 0 Å². The maximum Gasteiger partial charge on any atom is 0.0457 e. The monoisotopic (exact) mass is 664 g/mol. The summed E-state index contributed by atoms with van der Waals surface area (Å²) in [4.78, 5) is 4.52. The van der Waals surface area contributed by atoms with Gasteiger partial charge in [-0.05, 0) is 66.5 Å². The molecule has 0 spiro atoms. The highest BCUT2D eigenvalue weighted by molar-refractivity contribution is 5.63. The van der Waals surface area contributed by atoms with Gasteiger partial charge in [0, 0.05) is 17.3 Å². The Labute approximate surface area is 304 Å². The SMILES string of the molecule is CC(C)(C)C.CC(C)(C)c1ccc(-c2ccccc2)cc1.CC(C)(C)c1ccc(C(C)(C)C)cc1.CC(C)(C)c1ccc(C(C)(C)C)nc1. The first-order valence-electron chi connectivity index (χ1n) is 18.2. The summed E-state index contributed by atoms with van der Waals surface area (Å²) < 4.78 is 0. The van der Waals surface area contributed by atoms with E-state index in [1.165, 1.54) is 33.4 Å². The third-order valence-electron chi connectivity index (χ3n) is 7.87. The summed E-state index contributed by atoms with van der Waals surface area (Å²) in [5.41, 5.74) is 10.8. The minimum absolute atomic E-state index is 0.149. The summed E-state index contributed by atoms with van der Waals surface area (Å²) >= 11 is 0. The van der Waals surface area contributed by atoms with Gasteiger partial charge in [-0.3, -0.25) is 4.98 Å². The Morgan fingerprint density at radius 3 is 0.857 bits per heavy atom. The van der Waals surface area contributed by atoms with E-state index in [0.29, 0.717) is 5.41 Å². The first-order chi connectivity index (χ1) is 22.0. The van der Waals surface area contributed by atoms with Gasteiger partial charge in [0.1, 0.15) is 0 Å². The Hall–Kier alpha value is -3.19. The van der Waals surface area contributed by atoms with Crippen LogP contribution in [0.25, 0.3) is 11.1 Å². The van der Waals surface area contributed by atoms with E-state index < -0.39 is 0 Å². The van der Waals surface area contributed by atoms with E-state index in [9.17, 15) is 0 Å². The quantitative estimate of drug-likeness (QED) is 0.197. The predicted molar refractivity (Wildman–Crippen MR) is 221 cm³/mol. The number of rotatable bonds is 1. The molecule has 0 bridgehead atoms. The molecular weight excluding hydrogens is 591 g/mol. The van der Waals surface area contributed by atoms with Gasteiger partial charge in [-0.25, -0.2) is 0 Å². The van der Waals surface area contributed by atoms with Crippen LogP contribution < -0.4 is 0 Å². The lowest BCUT2D eigenvalue weighted by Crippen LogP contribution is -2.16. The van der Waals surface area contributed by atoms with Crippen molar-refractivity contribution in [3.63, 3.8) is 0 Å². The van der Waals surface area contributed by atoms with Crippen LogP contribution in [0.4, 0.5) is 0 Å². The Bertz CT molecular complexity index is 1340. The first kappa shape index (κ1) is 43.8. The molecule has 0 atom stereocenters. The van der Waals surface area contributed by atoms with Crippen molar-refractivity contribution in [1.82, 2.24) is 4.98 Å². The molecule has 0 aliphatic rings. The molecule has 0 unspecified atom stereocenters. The lowest BCUT2D eigenvalue weighted by atomic mass is 9.82. The van der Waals surface area contributed by atoms with Crippen molar-refractivity contribution in [3.05, 3.63) is 125 Å². The van der Waals surface area contributed by atoms with Crippen LogP contribution in [-0.4, -0.2) is 4.98 Å². The van der Waals surface area contributed by atoms with Crippen LogP contribution in [-0.2, 0) is 27.1 Å². The molecule has 1 nitrogen and oxygen atoms in total. The number of nitrogens with zero attached hydrogens (tertiary/aromatic N) is 1. The van der Waals surface area contributed by atoms with Gasteiger partial charge in [-0.1, -0.05) is 216 Å². The van der Waals surface area contributed by atoms with E-state index >= 15 is 0 Å². The molecule has 0 radical (unpaired) electrons. The second kappa shape index (κ2) is 17.2. The fourth-order valence-corrected chi connectivity index (χ4v) is 4.54. The van der Waals surface area contributed by atoms with Crippen LogP contribution in [0.15, 0.2) is 97.2 Å². The van der Waals surface area contributed by atoms with Crippen molar-refractivity contribution >= 4 is 0 Å². The molecule has 3 aromatic carbocycles. The summed E-state index contributed by atoms with van der Waals surface area (Å²) in [5, 5.41) is 0. The Morgan fingerprint density at radius 1 is 0.306 bits per heavy atom. The molecular formula is C48H73N. The van der Waals surface area contributed by atoms with Gasteiger partial charge in [0.2, 0.25) is 0 Å². The van der Waals surface area contributed by atoms with Crippen LogP contribution in [0.3, 0.4) is 0 Å².